The zero-order valence-electron chi connectivity index (χ0n) is 15.0. The number of rotatable bonds is 1. The Balaban J connectivity index is 1.54. The van der Waals surface area contributed by atoms with Crippen molar-refractivity contribution < 1.29 is 9.18 Å². The molecule has 2 saturated carbocycles. The maximum Gasteiger partial charge on any atom is 0.229 e. The van der Waals surface area contributed by atoms with E-state index in [1.807, 2.05) is 33.7 Å². The van der Waals surface area contributed by atoms with Crippen LogP contribution in [0.4, 0.5) is 21.8 Å². The molecule has 0 unspecified atom stereocenters. The van der Waals surface area contributed by atoms with Gasteiger partial charge in [-0.25, -0.2) is 9.37 Å². The summed E-state index contributed by atoms with van der Waals surface area (Å²) in [5.74, 6) is 0.693. The van der Waals surface area contributed by atoms with Crippen molar-refractivity contribution >= 4 is 44.9 Å². The Bertz CT molecular complexity index is 929. The monoisotopic (exact) mass is 417 g/mol. The fourth-order valence-corrected chi connectivity index (χ4v) is 7.87. The summed E-state index contributed by atoms with van der Waals surface area (Å²) in [5, 5.41) is 6.77. The molecule has 5 atom stereocenters. The summed E-state index contributed by atoms with van der Waals surface area (Å²) < 4.78 is 14.4. The second kappa shape index (κ2) is 7.11. The maximum absolute atomic E-state index is 14.4. The number of halogens is 1. The van der Waals surface area contributed by atoms with E-state index in [-0.39, 0.29) is 35.5 Å². The number of carbonyl (C=O) groups is 1. The van der Waals surface area contributed by atoms with Crippen molar-refractivity contribution in [2.75, 3.05) is 10.6 Å². The minimum absolute atomic E-state index is 0.117. The number of benzene rings is 1. The number of amides is 1. The van der Waals surface area contributed by atoms with Crippen LogP contribution in [-0.4, -0.2) is 27.2 Å². The zero-order valence-corrected chi connectivity index (χ0v) is 16.6. The molecule has 1 amide bonds. The van der Waals surface area contributed by atoms with Gasteiger partial charge < -0.3 is 16.4 Å². The van der Waals surface area contributed by atoms with Gasteiger partial charge in [-0.05, 0) is 42.4 Å². The number of anilines is 3. The van der Waals surface area contributed by atoms with Crippen molar-refractivity contribution in [3.63, 3.8) is 0 Å². The number of nitrogens with one attached hydrogen (secondary N) is 2. The Hall–Kier alpha value is -2.00. The van der Waals surface area contributed by atoms with Crippen molar-refractivity contribution in [3.05, 3.63) is 41.8 Å². The van der Waals surface area contributed by atoms with Gasteiger partial charge in [0.05, 0.1) is 12.1 Å². The first-order valence-corrected chi connectivity index (χ1v) is 11.7. The van der Waals surface area contributed by atoms with Gasteiger partial charge in [-0.1, -0.05) is 33.7 Å². The third-order valence-electron chi connectivity index (χ3n) is 5.92. The number of fused-ring (bicyclic) bond motifs is 5. The van der Waals surface area contributed by atoms with E-state index >= 15 is 0 Å². The molecule has 4 N–H and O–H groups in total. The van der Waals surface area contributed by atoms with Crippen molar-refractivity contribution in [2.45, 2.75) is 29.9 Å². The van der Waals surface area contributed by atoms with Crippen LogP contribution in [-0.2, 0) is 10.5 Å². The molecule has 2 aromatic rings. The summed E-state index contributed by atoms with van der Waals surface area (Å²) in [6.45, 7) is 0. The Morgan fingerprint density at radius 1 is 1.32 bits per heavy atom. The molecule has 0 spiro atoms. The molecule has 28 heavy (non-hydrogen) atoms. The van der Waals surface area contributed by atoms with E-state index in [4.69, 9.17) is 5.73 Å². The predicted molar refractivity (Wildman–Crippen MR) is 111 cm³/mol. The van der Waals surface area contributed by atoms with Crippen molar-refractivity contribution in [2.24, 2.45) is 23.5 Å². The lowest BCUT2D eigenvalue weighted by molar-refractivity contribution is -0.123. The highest BCUT2D eigenvalue weighted by atomic mass is 33.1. The average molecular weight is 418 g/mol. The lowest BCUT2D eigenvalue weighted by atomic mass is 9.83. The summed E-state index contributed by atoms with van der Waals surface area (Å²) in [7, 11) is 3.70. The van der Waals surface area contributed by atoms with Gasteiger partial charge >= 0.3 is 0 Å². The normalized spacial score (nSPS) is 30.8. The molecule has 1 aliphatic heterocycles. The van der Waals surface area contributed by atoms with Crippen molar-refractivity contribution in [3.8, 4) is 0 Å². The molecule has 146 valence electrons. The summed E-state index contributed by atoms with van der Waals surface area (Å²) >= 11 is 0. The van der Waals surface area contributed by atoms with Crippen LogP contribution in [0.2, 0.25) is 0 Å². The molecular formula is C19H20FN5OS2. The molecule has 1 aromatic heterocycles. The topological polar surface area (TPSA) is 92.9 Å². The number of nitrogens with two attached hydrogens (primary N) is 1. The Morgan fingerprint density at radius 3 is 3.07 bits per heavy atom. The van der Waals surface area contributed by atoms with Crippen LogP contribution in [0.1, 0.15) is 18.4 Å². The number of hydrogen-bond acceptors (Lipinski definition) is 7. The minimum Gasteiger partial charge on any atom is -0.369 e. The van der Waals surface area contributed by atoms with Crippen LogP contribution < -0.4 is 16.4 Å². The third kappa shape index (κ3) is 3.20. The quantitative estimate of drug-likeness (QED) is 0.611. The SMILES string of the molecule is NC(=O)[C@H]1[C@H]2C[C@H]3[C@H]1Nc1nc(ncc1F)Nc1cccc(c1)CSS[C@@H]3C2. The summed E-state index contributed by atoms with van der Waals surface area (Å²) in [6.07, 6.45) is 3.08. The van der Waals surface area contributed by atoms with Crippen molar-refractivity contribution in [1.29, 1.82) is 0 Å². The number of nitrogens with zero attached hydrogens (tertiary/aromatic N) is 2. The average Bonchev–Trinajstić information content (AvgIpc) is 3.22. The first-order valence-electron chi connectivity index (χ1n) is 9.31. The second-order valence-corrected chi connectivity index (χ2v) is 10.2. The lowest BCUT2D eigenvalue weighted by Crippen LogP contribution is -2.46. The maximum atomic E-state index is 14.4. The van der Waals surface area contributed by atoms with Crippen molar-refractivity contribution in [1.82, 2.24) is 9.97 Å². The lowest BCUT2D eigenvalue weighted by Gasteiger charge is -2.34. The van der Waals surface area contributed by atoms with Gasteiger partial charge in [-0.15, -0.1) is 0 Å². The molecule has 3 aliphatic rings. The molecule has 6 nitrogen and oxygen atoms in total. The van der Waals surface area contributed by atoms with Gasteiger partial charge in [0.1, 0.15) is 0 Å². The molecule has 1 aromatic carbocycles. The van der Waals surface area contributed by atoms with E-state index in [2.05, 4.69) is 32.7 Å². The highest BCUT2D eigenvalue weighted by Crippen LogP contribution is 2.55. The smallest absolute Gasteiger partial charge is 0.229 e. The third-order valence-corrected chi connectivity index (χ3v) is 8.80. The van der Waals surface area contributed by atoms with E-state index in [1.54, 1.807) is 0 Å². The molecule has 5 rings (SSSR count). The Kier molecular flexibility index (Phi) is 4.59. The van der Waals surface area contributed by atoms with Gasteiger partial charge in [0, 0.05) is 22.7 Å². The van der Waals surface area contributed by atoms with Crippen LogP contribution in [0, 0.1) is 23.6 Å². The van der Waals surface area contributed by atoms with E-state index in [9.17, 15) is 9.18 Å². The van der Waals surface area contributed by atoms with Gasteiger partial charge in [-0.2, -0.15) is 4.98 Å². The molecule has 2 fully saturated rings. The Labute approximate surface area is 170 Å². The first-order chi connectivity index (χ1) is 13.6. The van der Waals surface area contributed by atoms with E-state index < -0.39 is 5.82 Å². The van der Waals surface area contributed by atoms with Crippen LogP contribution >= 0.6 is 21.6 Å². The molecule has 6 bridgehead atoms. The molecule has 0 radical (unpaired) electrons. The minimum atomic E-state index is -0.532. The largest absolute Gasteiger partial charge is 0.369 e. The number of hydrogen-bond donors (Lipinski definition) is 3. The predicted octanol–water partition coefficient (Wildman–Crippen LogP) is 3.54. The standard InChI is InChI=1S/C19H20FN5OS2/c20-13-7-22-19-23-11-3-1-2-9(4-11)8-27-28-14-6-10-5-12(14)16(15(10)17(21)26)24-18(13)25-19/h1-4,7,10,12,14-16H,5-6,8H2,(H2,21,26)(H2,22,23,24,25)/t10-,12+,14+,15-,16+/m0/s1. The molecule has 2 heterocycles. The van der Waals surface area contributed by atoms with Gasteiger partial charge in [0.2, 0.25) is 11.9 Å². The van der Waals surface area contributed by atoms with E-state index in [1.165, 1.54) is 5.56 Å². The fourth-order valence-electron chi connectivity index (χ4n) is 4.76. The van der Waals surface area contributed by atoms with Crippen LogP contribution in [0.5, 0.6) is 0 Å². The number of aromatic nitrogens is 2. The van der Waals surface area contributed by atoms with Gasteiger partial charge in [0.25, 0.3) is 0 Å². The van der Waals surface area contributed by atoms with Gasteiger partial charge in [-0.3, -0.25) is 4.79 Å². The van der Waals surface area contributed by atoms with Crippen LogP contribution in [0.3, 0.4) is 0 Å². The first kappa shape index (κ1) is 18.1. The molecule has 0 saturated heterocycles. The van der Waals surface area contributed by atoms with E-state index in [0.29, 0.717) is 11.2 Å². The highest BCUT2D eigenvalue weighted by molar-refractivity contribution is 8.76. The number of carbonyl (C=O) groups excluding carboxylic acids is 1. The highest BCUT2D eigenvalue weighted by Gasteiger charge is 2.55. The Morgan fingerprint density at radius 2 is 2.21 bits per heavy atom. The molecule has 9 heteroatoms. The summed E-state index contributed by atoms with van der Waals surface area (Å²) in [4.78, 5) is 20.5. The summed E-state index contributed by atoms with van der Waals surface area (Å²) in [6, 6.07) is 7.87. The van der Waals surface area contributed by atoms with Gasteiger partial charge in [0.15, 0.2) is 11.6 Å². The fraction of sp³-hybridized carbons (Fsp3) is 0.421. The summed E-state index contributed by atoms with van der Waals surface area (Å²) in [5.41, 5.74) is 7.77. The number of primary amides is 1. The zero-order chi connectivity index (χ0) is 19.3. The molecular weight excluding hydrogens is 397 g/mol. The van der Waals surface area contributed by atoms with E-state index in [0.717, 1.165) is 30.5 Å². The second-order valence-electron chi connectivity index (χ2n) is 7.61. The molecule has 2 aliphatic carbocycles. The van der Waals surface area contributed by atoms with Crippen LogP contribution in [0.15, 0.2) is 30.5 Å². The van der Waals surface area contributed by atoms with Crippen LogP contribution in [0.25, 0.3) is 0 Å².